The quantitative estimate of drug-likeness (QED) is 0.462. The van der Waals surface area contributed by atoms with Gasteiger partial charge in [-0.3, -0.25) is 0 Å². The minimum absolute atomic E-state index is 0.633. The van der Waals surface area contributed by atoms with E-state index in [9.17, 15) is 0 Å². The molecule has 0 aromatic carbocycles. The summed E-state index contributed by atoms with van der Waals surface area (Å²) in [5.41, 5.74) is 2.82. The number of hydrogen-bond acceptors (Lipinski definition) is 0. The Morgan fingerprint density at radius 2 is 1.89 bits per heavy atom. The summed E-state index contributed by atoms with van der Waals surface area (Å²) >= 11 is 0. The minimum Gasteiger partial charge on any atom is -0.0779 e. The van der Waals surface area contributed by atoms with Crippen LogP contribution in [-0.4, -0.2) is 0 Å². The zero-order chi connectivity index (χ0) is 6.85. The van der Waals surface area contributed by atoms with Gasteiger partial charge in [0.25, 0.3) is 0 Å². The average Bonchev–Trinajstić information content (AvgIpc) is 1.80. The maximum absolute atomic E-state index is 2.29. The molecule has 0 saturated heterocycles. The molecule has 1 aliphatic rings. The third kappa shape index (κ3) is 1.44. The Morgan fingerprint density at radius 1 is 1.22 bits per heavy atom. The van der Waals surface area contributed by atoms with Crippen molar-refractivity contribution in [1.82, 2.24) is 0 Å². The molecule has 0 aromatic heterocycles. The molecule has 0 spiro atoms. The van der Waals surface area contributed by atoms with Crippen LogP contribution in [0.5, 0.6) is 0 Å². The van der Waals surface area contributed by atoms with Crippen LogP contribution in [0.1, 0.15) is 20.8 Å². The first kappa shape index (κ1) is 6.60. The molecule has 0 saturated carbocycles. The SMILES string of the molecule is CC1=C[CH]C(C)C=C1C. The molecule has 1 rings (SSSR count). The van der Waals surface area contributed by atoms with Gasteiger partial charge < -0.3 is 0 Å². The zero-order valence-corrected chi connectivity index (χ0v) is 6.31. The third-order valence-corrected chi connectivity index (χ3v) is 1.78. The highest BCUT2D eigenvalue weighted by molar-refractivity contribution is 5.34. The molecule has 0 nitrogen and oxygen atoms in total. The summed E-state index contributed by atoms with van der Waals surface area (Å²) in [7, 11) is 0. The normalized spacial score (nSPS) is 27.2. The van der Waals surface area contributed by atoms with Crippen molar-refractivity contribution in [3.05, 3.63) is 29.7 Å². The van der Waals surface area contributed by atoms with Gasteiger partial charge in [-0.25, -0.2) is 0 Å². The summed E-state index contributed by atoms with van der Waals surface area (Å²) in [6.45, 7) is 6.51. The third-order valence-electron chi connectivity index (χ3n) is 1.78. The lowest BCUT2D eigenvalue weighted by Crippen LogP contribution is -1.97. The maximum atomic E-state index is 2.29. The molecule has 0 N–H and O–H groups in total. The van der Waals surface area contributed by atoms with E-state index in [-0.39, 0.29) is 0 Å². The van der Waals surface area contributed by atoms with Crippen LogP contribution in [0.15, 0.2) is 23.3 Å². The lowest BCUT2D eigenvalue weighted by Gasteiger charge is -2.12. The molecule has 49 valence electrons. The van der Waals surface area contributed by atoms with Gasteiger partial charge in [0.2, 0.25) is 0 Å². The van der Waals surface area contributed by atoms with Gasteiger partial charge in [0.1, 0.15) is 0 Å². The van der Waals surface area contributed by atoms with E-state index >= 15 is 0 Å². The van der Waals surface area contributed by atoms with Crippen LogP contribution in [0.25, 0.3) is 0 Å². The number of allylic oxidation sites excluding steroid dienone is 4. The second-order valence-corrected chi connectivity index (χ2v) is 2.75. The van der Waals surface area contributed by atoms with Crippen LogP contribution < -0.4 is 0 Å². The van der Waals surface area contributed by atoms with Crippen molar-refractivity contribution in [2.75, 3.05) is 0 Å². The average molecular weight is 121 g/mol. The first-order valence-electron chi connectivity index (χ1n) is 3.40. The first-order valence-corrected chi connectivity index (χ1v) is 3.40. The molecule has 1 unspecified atom stereocenters. The van der Waals surface area contributed by atoms with Crippen LogP contribution >= 0.6 is 0 Å². The van der Waals surface area contributed by atoms with Crippen LogP contribution in [-0.2, 0) is 0 Å². The summed E-state index contributed by atoms with van der Waals surface area (Å²) < 4.78 is 0. The van der Waals surface area contributed by atoms with Crippen LogP contribution in [0.4, 0.5) is 0 Å². The molecule has 0 fully saturated rings. The molecule has 0 aromatic rings. The predicted molar refractivity (Wildman–Crippen MR) is 41.0 cm³/mol. The zero-order valence-electron chi connectivity index (χ0n) is 6.31. The molecule has 1 atom stereocenters. The molecular formula is C9H13. The molecule has 0 bridgehead atoms. The highest BCUT2D eigenvalue weighted by Gasteiger charge is 2.04. The Bertz CT molecular complexity index is 161. The van der Waals surface area contributed by atoms with E-state index in [4.69, 9.17) is 0 Å². The second kappa shape index (κ2) is 2.38. The summed E-state index contributed by atoms with van der Waals surface area (Å²) in [6.07, 6.45) is 6.71. The lowest BCUT2D eigenvalue weighted by molar-refractivity contribution is 0.857. The minimum atomic E-state index is 0.633. The monoisotopic (exact) mass is 121 g/mol. The van der Waals surface area contributed by atoms with E-state index < -0.39 is 0 Å². The van der Waals surface area contributed by atoms with Gasteiger partial charge in [-0.05, 0) is 26.2 Å². The van der Waals surface area contributed by atoms with Gasteiger partial charge in [-0.2, -0.15) is 0 Å². The molecule has 0 heteroatoms. The summed E-state index contributed by atoms with van der Waals surface area (Å²) in [6, 6.07) is 0. The highest BCUT2D eigenvalue weighted by atomic mass is 14.1. The Hall–Kier alpha value is -0.520. The second-order valence-electron chi connectivity index (χ2n) is 2.75. The van der Waals surface area contributed by atoms with Crippen molar-refractivity contribution in [1.29, 1.82) is 0 Å². The molecular weight excluding hydrogens is 108 g/mol. The maximum Gasteiger partial charge on any atom is -0.00984 e. The standard InChI is InChI=1S/C9H13/c1-7-4-5-8(2)9(3)6-7/h4-7H,1-3H3. The van der Waals surface area contributed by atoms with Crippen molar-refractivity contribution in [2.45, 2.75) is 20.8 Å². The molecule has 1 aliphatic carbocycles. The Morgan fingerprint density at radius 3 is 2.33 bits per heavy atom. The molecule has 0 amide bonds. The van der Waals surface area contributed by atoms with E-state index in [0.29, 0.717) is 5.92 Å². The highest BCUT2D eigenvalue weighted by Crippen LogP contribution is 2.20. The van der Waals surface area contributed by atoms with Gasteiger partial charge in [0.15, 0.2) is 0 Å². The van der Waals surface area contributed by atoms with Crippen LogP contribution in [0.3, 0.4) is 0 Å². The van der Waals surface area contributed by atoms with Gasteiger partial charge in [-0.15, -0.1) is 0 Å². The fourth-order valence-corrected chi connectivity index (χ4v) is 1.01. The van der Waals surface area contributed by atoms with Crippen LogP contribution in [0.2, 0.25) is 0 Å². The Labute approximate surface area is 57.3 Å². The molecule has 0 aliphatic heterocycles. The summed E-state index contributed by atoms with van der Waals surface area (Å²) in [5, 5.41) is 0. The van der Waals surface area contributed by atoms with E-state index in [1.54, 1.807) is 0 Å². The predicted octanol–water partition coefficient (Wildman–Crippen LogP) is 2.73. The van der Waals surface area contributed by atoms with Crippen molar-refractivity contribution >= 4 is 0 Å². The van der Waals surface area contributed by atoms with Crippen molar-refractivity contribution in [3.63, 3.8) is 0 Å². The first-order chi connectivity index (χ1) is 4.20. The number of rotatable bonds is 0. The lowest BCUT2D eigenvalue weighted by atomic mass is 9.94. The van der Waals surface area contributed by atoms with Gasteiger partial charge >= 0.3 is 0 Å². The fourth-order valence-electron chi connectivity index (χ4n) is 1.01. The topological polar surface area (TPSA) is 0 Å². The van der Waals surface area contributed by atoms with Crippen molar-refractivity contribution in [3.8, 4) is 0 Å². The summed E-state index contributed by atoms with van der Waals surface area (Å²) in [4.78, 5) is 0. The Balaban J connectivity index is 2.75. The Kier molecular flexibility index (Phi) is 1.75. The number of hydrogen-bond donors (Lipinski definition) is 0. The van der Waals surface area contributed by atoms with Crippen molar-refractivity contribution in [2.24, 2.45) is 5.92 Å². The van der Waals surface area contributed by atoms with Gasteiger partial charge in [0.05, 0.1) is 0 Å². The van der Waals surface area contributed by atoms with Gasteiger partial charge in [-0.1, -0.05) is 30.2 Å². The largest absolute Gasteiger partial charge is 0.0779 e. The van der Waals surface area contributed by atoms with Crippen LogP contribution in [0, 0.1) is 12.3 Å². The van der Waals surface area contributed by atoms with E-state index in [1.165, 1.54) is 11.1 Å². The molecule has 0 heterocycles. The molecule has 1 radical (unpaired) electrons. The van der Waals surface area contributed by atoms with Gasteiger partial charge in [0, 0.05) is 0 Å². The smallest absolute Gasteiger partial charge is 0.00984 e. The van der Waals surface area contributed by atoms with E-state index in [2.05, 4.69) is 39.3 Å². The summed E-state index contributed by atoms with van der Waals surface area (Å²) in [5.74, 6) is 0.633. The fraction of sp³-hybridized carbons (Fsp3) is 0.444. The van der Waals surface area contributed by atoms with E-state index in [1.807, 2.05) is 0 Å². The molecule has 9 heavy (non-hydrogen) atoms. The van der Waals surface area contributed by atoms with Crippen molar-refractivity contribution < 1.29 is 0 Å². The van der Waals surface area contributed by atoms with E-state index in [0.717, 1.165) is 0 Å².